The van der Waals surface area contributed by atoms with Crippen molar-refractivity contribution in [2.45, 2.75) is 32.1 Å². The fourth-order valence-electron chi connectivity index (χ4n) is 3.15. The van der Waals surface area contributed by atoms with Crippen LogP contribution in [0.5, 0.6) is 5.75 Å². The van der Waals surface area contributed by atoms with Crippen molar-refractivity contribution in [3.63, 3.8) is 0 Å². The number of H-pyrrole nitrogens is 1. The minimum absolute atomic E-state index is 0.0489. The number of halogens is 1. The van der Waals surface area contributed by atoms with E-state index in [9.17, 15) is 9.59 Å². The molecule has 0 saturated heterocycles. The first-order valence-electron chi connectivity index (χ1n) is 8.90. The highest BCUT2D eigenvalue weighted by atomic mass is 35.5. The number of hydrogen-bond acceptors (Lipinski definition) is 5. The Morgan fingerprint density at radius 1 is 1.25 bits per heavy atom. The Hall–Kier alpha value is -2.86. The van der Waals surface area contributed by atoms with Crippen LogP contribution in [0.4, 0.5) is 0 Å². The van der Waals surface area contributed by atoms with Crippen molar-refractivity contribution in [3.05, 3.63) is 80.6 Å². The molecule has 1 heterocycles. The van der Waals surface area contributed by atoms with E-state index < -0.39 is 5.76 Å². The van der Waals surface area contributed by atoms with Gasteiger partial charge in [0.05, 0.1) is 7.11 Å². The summed E-state index contributed by atoms with van der Waals surface area (Å²) in [6.45, 7) is 1.93. The molecule has 0 bridgehead atoms. The third-order valence-corrected chi connectivity index (χ3v) is 4.89. The number of carbonyl (C=O) groups is 1. The van der Waals surface area contributed by atoms with Crippen molar-refractivity contribution in [2.75, 3.05) is 7.11 Å². The molecule has 3 rings (SSSR count). The van der Waals surface area contributed by atoms with E-state index in [2.05, 4.69) is 14.7 Å². The maximum Gasteiger partial charge on any atom is 0.438 e. The van der Waals surface area contributed by atoms with Gasteiger partial charge >= 0.3 is 5.76 Å². The minimum atomic E-state index is -0.629. The van der Waals surface area contributed by atoms with E-state index in [1.807, 2.05) is 43.3 Å². The lowest BCUT2D eigenvalue weighted by Gasteiger charge is -2.14. The lowest BCUT2D eigenvalue weighted by atomic mass is 9.91. The fourth-order valence-corrected chi connectivity index (χ4v) is 3.37. The second kappa shape index (κ2) is 8.89. The molecule has 0 aliphatic carbocycles. The van der Waals surface area contributed by atoms with E-state index >= 15 is 0 Å². The van der Waals surface area contributed by atoms with Crippen molar-refractivity contribution in [2.24, 2.45) is 0 Å². The van der Waals surface area contributed by atoms with Crippen LogP contribution in [-0.2, 0) is 17.6 Å². The summed E-state index contributed by atoms with van der Waals surface area (Å²) in [5.41, 5.74) is 2.92. The summed E-state index contributed by atoms with van der Waals surface area (Å²) in [7, 11) is 1.61. The first kappa shape index (κ1) is 19.9. The molecule has 6 nitrogen and oxygen atoms in total. The molecule has 0 amide bonds. The van der Waals surface area contributed by atoms with E-state index in [1.54, 1.807) is 13.2 Å². The van der Waals surface area contributed by atoms with Gasteiger partial charge in [0.2, 0.25) is 0 Å². The van der Waals surface area contributed by atoms with Gasteiger partial charge in [-0.05, 0) is 54.3 Å². The number of nitrogens with one attached hydrogen (secondary N) is 1. The number of aromatic nitrogens is 2. The predicted octanol–water partition coefficient (Wildman–Crippen LogP) is 3.86. The Morgan fingerprint density at radius 2 is 2.00 bits per heavy atom. The van der Waals surface area contributed by atoms with Crippen molar-refractivity contribution in [1.29, 1.82) is 0 Å². The molecule has 1 N–H and O–H groups in total. The van der Waals surface area contributed by atoms with Crippen LogP contribution in [0.2, 0.25) is 5.02 Å². The van der Waals surface area contributed by atoms with Gasteiger partial charge in [-0.2, -0.15) is 0 Å². The third kappa shape index (κ3) is 5.10. The molecule has 3 aromatic rings. The summed E-state index contributed by atoms with van der Waals surface area (Å²) in [4.78, 5) is 26.7. The quantitative estimate of drug-likeness (QED) is 0.620. The number of methoxy groups -OCH3 is 1. The number of aromatic amines is 1. The largest absolute Gasteiger partial charge is 0.497 e. The molecule has 0 aliphatic heterocycles. The lowest BCUT2D eigenvalue weighted by molar-refractivity contribution is -0.118. The van der Waals surface area contributed by atoms with Crippen LogP contribution in [0, 0.1) is 6.92 Å². The summed E-state index contributed by atoms with van der Waals surface area (Å²) in [5.74, 6) is 0.259. The van der Waals surface area contributed by atoms with E-state index in [0.717, 1.165) is 22.4 Å². The van der Waals surface area contributed by atoms with E-state index in [4.69, 9.17) is 16.3 Å². The molecule has 1 aromatic heterocycles. The number of Topliss-reactive ketones (excluding diaryl/α,β-unsaturated/α-hetero) is 1. The number of hydrogen-bond donors (Lipinski definition) is 1. The highest BCUT2D eigenvalue weighted by Gasteiger charge is 2.21. The lowest BCUT2D eigenvalue weighted by Crippen LogP contribution is -2.14. The van der Waals surface area contributed by atoms with Gasteiger partial charge in [0.15, 0.2) is 5.82 Å². The molecule has 1 unspecified atom stereocenters. The van der Waals surface area contributed by atoms with Crippen LogP contribution in [0.1, 0.15) is 34.9 Å². The zero-order valence-corrected chi connectivity index (χ0v) is 16.5. The van der Waals surface area contributed by atoms with Gasteiger partial charge in [-0.25, -0.2) is 4.79 Å². The normalized spacial score (nSPS) is 12.0. The van der Waals surface area contributed by atoms with Gasteiger partial charge in [-0.3, -0.25) is 14.3 Å². The van der Waals surface area contributed by atoms with Crippen molar-refractivity contribution in [3.8, 4) is 5.75 Å². The number of aryl methyl sites for hydroxylation is 1. The topological polar surface area (TPSA) is 85.2 Å². The second-order valence-corrected chi connectivity index (χ2v) is 7.16. The Labute approximate surface area is 167 Å². The zero-order valence-electron chi connectivity index (χ0n) is 15.7. The van der Waals surface area contributed by atoms with Crippen LogP contribution >= 0.6 is 11.6 Å². The maximum atomic E-state index is 12.7. The highest BCUT2D eigenvalue weighted by molar-refractivity contribution is 6.30. The predicted molar refractivity (Wildman–Crippen MR) is 106 cm³/mol. The Kier molecular flexibility index (Phi) is 6.31. The summed E-state index contributed by atoms with van der Waals surface area (Å²) in [6, 6.07) is 13.1. The standard InChI is InChI=1S/C21H21ClN2O4/c1-13-9-17(22)6-5-15(13)11-18(25)12-16(20-23-21(26)28-24-20)10-14-3-7-19(27-2)8-4-14/h3-9,16H,10-12H2,1-2H3,(H,23,24,26). The molecule has 2 aromatic carbocycles. The molecule has 146 valence electrons. The summed E-state index contributed by atoms with van der Waals surface area (Å²) >= 11 is 5.99. The maximum absolute atomic E-state index is 12.7. The van der Waals surface area contributed by atoms with Crippen LogP contribution in [-0.4, -0.2) is 23.0 Å². The van der Waals surface area contributed by atoms with Crippen LogP contribution in [0.3, 0.4) is 0 Å². The zero-order chi connectivity index (χ0) is 20.1. The van der Waals surface area contributed by atoms with Crippen LogP contribution in [0.15, 0.2) is 51.8 Å². The molecule has 0 aliphatic rings. The van der Waals surface area contributed by atoms with Gasteiger partial charge in [0, 0.05) is 23.8 Å². The summed E-state index contributed by atoms with van der Waals surface area (Å²) in [6.07, 6.45) is 1.07. The molecular weight excluding hydrogens is 380 g/mol. The fraction of sp³-hybridized carbons (Fsp3) is 0.286. The molecule has 1 atom stereocenters. The minimum Gasteiger partial charge on any atom is -0.497 e. The summed E-state index contributed by atoms with van der Waals surface area (Å²) < 4.78 is 9.82. The van der Waals surface area contributed by atoms with Gasteiger partial charge in [0.25, 0.3) is 0 Å². The second-order valence-electron chi connectivity index (χ2n) is 6.72. The Balaban J connectivity index is 1.76. The molecule has 0 fully saturated rings. The molecule has 0 spiro atoms. The molecule has 0 radical (unpaired) electrons. The van der Waals surface area contributed by atoms with Crippen LogP contribution < -0.4 is 10.5 Å². The van der Waals surface area contributed by atoms with E-state index in [0.29, 0.717) is 23.7 Å². The number of ether oxygens (including phenoxy) is 1. The van der Waals surface area contributed by atoms with E-state index in [-0.39, 0.29) is 18.1 Å². The highest BCUT2D eigenvalue weighted by Crippen LogP contribution is 2.24. The van der Waals surface area contributed by atoms with Gasteiger partial charge in [-0.15, -0.1) is 0 Å². The van der Waals surface area contributed by atoms with Gasteiger partial charge in [-0.1, -0.05) is 35.0 Å². The first-order chi connectivity index (χ1) is 13.4. The number of ketones is 1. The molecule has 0 saturated carbocycles. The number of carbonyl (C=O) groups excluding carboxylic acids is 1. The molecule has 7 heteroatoms. The smallest absolute Gasteiger partial charge is 0.438 e. The van der Waals surface area contributed by atoms with Crippen LogP contribution in [0.25, 0.3) is 0 Å². The van der Waals surface area contributed by atoms with Crippen molar-refractivity contribution < 1.29 is 14.1 Å². The Bertz CT molecular complexity index is 1010. The molecular formula is C21H21ClN2O4. The van der Waals surface area contributed by atoms with Gasteiger partial charge in [0.1, 0.15) is 11.5 Å². The monoisotopic (exact) mass is 400 g/mol. The number of benzene rings is 2. The van der Waals surface area contributed by atoms with Crippen molar-refractivity contribution in [1.82, 2.24) is 10.1 Å². The summed E-state index contributed by atoms with van der Waals surface area (Å²) in [5, 5.41) is 4.44. The van der Waals surface area contributed by atoms with Gasteiger partial charge < -0.3 is 4.74 Å². The molecule has 28 heavy (non-hydrogen) atoms. The number of nitrogens with zero attached hydrogens (tertiary/aromatic N) is 1. The third-order valence-electron chi connectivity index (χ3n) is 4.65. The average molecular weight is 401 g/mol. The first-order valence-corrected chi connectivity index (χ1v) is 9.28. The van der Waals surface area contributed by atoms with E-state index in [1.165, 1.54) is 0 Å². The Morgan fingerprint density at radius 3 is 2.61 bits per heavy atom. The average Bonchev–Trinajstić information content (AvgIpc) is 3.10. The SMILES string of the molecule is COc1ccc(CC(CC(=O)Cc2ccc(Cl)cc2C)c2noc(=O)[nH]2)cc1. The number of rotatable bonds is 8. The van der Waals surface area contributed by atoms with Crippen molar-refractivity contribution >= 4 is 17.4 Å².